The molecule has 3 rings (SSSR count). The van der Waals surface area contributed by atoms with Crippen LogP contribution < -0.4 is 27.8 Å². The zero-order valence-corrected chi connectivity index (χ0v) is 19.6. The van der Waals surface area contributed by atoms with E-state index in [0.717, 1.165) is 0 Å². The van der Waals surface area contributed by atoms with E-state index in [4.69, 9.17) is 36.1 Å². The minimum atomic E-state index is -1.28. The van der Waals surface area contributed by atoms with Crippen LogP contribution in [-0.4, -0.2) is 109 Å². The molecule has 0 aromatic heterocycles. The highest BCUT2D eigenvalue weighted by Gasteiger charge is 2.51. The van der Waals surface area contributed by atoms with Gasteiger partial charge in [-0.2, -0.15) is 0 Å². The zero-order valence-electron chi connectivity index (χ0n) is 19.6. The van der Waals surface area contributed by atoms with Crippen molar-refractivity contribution in [2.24, 2.45) is 17.2 Å². The highest BCUT2D eigenvalue weighted by molar-refractivity contribution is 5.05. The lowest BCUT2D eigenvalue weighted by atomic mass is 9.83. The van der Waals surface area contributed by atoms with E-state index >= 15 is 0 Å². The summed E-state index contributed by atoms with van der Waals surface area (Å²) in [6.45, 7) is 4.30. The normalized spacial score (nSPS) is 46.5. The molecule has 0 amide bonds. The summed E-state index contributed by atoms with van der Waals surface area (Å²) in [7, 11) is 1.64. The Labute approximate surface area is 194 Å². The molecular formula is C21H41N5O7. The smallest absolute Gasteiger partial charge is 0.215 e. The Hall–Kier alpha value is -0.900. The fraction of sp³-hybridized carbons (Fsp3) is 0.905. The van der Waals surface area contributed by atoms with E-state index in [1.54, 1.807) is 14.0 Å². The number of likely N-dealkylation sites (N-methyl/N-ethyl adjacent to an activating group) is 2. The number of aliphatic hydroxyl groups excluding tert-OH is 2. The summed E-state index contributed by atoms with van der Waals surface area (Å²) in [4.78, 5) is 0. The van der Waals surface area contributed by atoms with Gasteiger partial charge in [0.2, 0.25) is 6.29 Å². The van der Waals surface area contributed by atoms with Crippen molar-refractivity contribution in [1.82, 2.24) is 10.6 Å². The molecule has 0 aromatic rings. The van der Waals surface area contributed by atoms with E-state index in [9.17, 15) is 15.3 Å². The molecule has 0 bridgehead atoms. The van der Waals surface area contributed by atoms with Crippen LogP contribution in [0.5, 0.6) is 0 Å². The highest BCUT2D eigenvalue weighted by atomic mass is 16.7. The molecule has 1 saturated carbocycles. The number of hydrogen-bond acceptors (Lipinski definition) is 12. The van der Waals surface area contributed by atoms with Gasteiger partial charge in [0.15, 0.2) is 6.29 Å². The van der Waals surface area contributed by atoms with Crippen molar-refractivity contribution < 1.29 is 34.3 Å². The Morgan fingerprint density at radius 2 is 1.85 bits per heavy atom. The van der Waals surface area contributed by atoms with Gasteiger partial charge >= 0.3 is 0 Å². The van der Waals surface area contributed by atoms with Gasteiger partial charge in [-0.05, 0) is 39.4 Å². The van der Waals surface area contributed by atoms with Crippen LogP contribution in [0.4, 0.5) is 0 Å². The van der Waals surface area contributed by atoms with Gasteiger partial charge in [-0.25, -0.2) is 0 Å². The predicted molar refractivity (Wildman–Crippen MR) is 120 cm³/mol. The second-order valence-corrected chi connectivity index (χ2v) is 9.31. The Kier molecular flexibility index (Phi) is 9.08. The molecule has 2 heterocycles. The number of nitrogens with one attached hydrogen (secondary N) is 2. The number of nitrogens with two attached hydrogens (primary N) is 3. The maximum atomic E-state index is 11.3. The third-order valence-corrected chi connectivity index (χ3v) is 6.64. The van der Waals surface area contributed by atoms with Gasteiger partial charge in [0.1, 0.15) is 35.8 Å². The topological polar surface area (TPSA) is 200 Å². The molecule has 0 aromatic carbocycles. The Morgan fingerprint density at radius 1 is 1.15 bits per heavy atom. The third-order valence-electron chi connectivity index (χ3n) is 6.64. The van der Waals surface area contributed by atoms with Crippen LogP contribution in [0, 0.1) is 0 Å². The number of rotatable bonds is 8. The first-order valence-electron chi connectivity index (χ1n) is 11.6. The highest BCUT2D eigenvalue weighted by Crippen LogP contribution is 2.31. The van der Waals surface area contributed by atoms with E-state index in [1.807, 2.05) is 13.0 Å². The van der Waals surface area contributed by atoms with Crippen molar-refractivity contribution in [3.63, 3.8) is 0 Å². The lowest BCUT2D eigenvalue weighted by molar-refractivity contribution is -0.304. The molecule has 1 saturated heterocycles. The summed E-state index contributed by atoms with van der Waals surface area (Å²) in [5.74, 6) is 0.572. The van der Waals surface area contributed by atoms with Gasteiger partial charge in [-0.15, -0.1) is 0 Å². The van der Waals surface area contributed by atoms with Crippen molar-refractivity contribution in [2.75, 3.05) is 26.7 Å². The average Bonchev–Trinajstić information content (AvgIpc) is 2.76. The van der Waals surface area contributed by atoms with Crippen LogP contribution in [0.25, 0.3) is 0 Å². The maximum Gasteiger partial charge on any atom is 0.215 e. The molecular weight excluding hydrogens is 434 g/mol. The molecule has 1 aliphatic carbocycles. The van der Waals surface area contributed by atoms with Crippen molar-refractivity contribution in [1.29, 1.82) is 0 Å². The van der Waals surface area contributed by atoms with Crippen LogP contribution >= 0.6 is 0 Å². The molecule has 0 spiro atoms. The van der Waals surface area contributed by atoms with Gasteiger partial charge in [0, 0.05) is 12.1 Å². The van der Waals surface area contributed by atoms with Gasteiger partial charge < -0.3 is 62.1 Å². The van der Waals surface area contributed by atoms with E-state index < -0.39 is 60.7 Å². The zero-order chi connectivity index (χ0) is 24.3. The third kappa shape index (κ3) is 5.85. The van der Waals surface area contributed by atoms with E-state index in [0.29, 0.717) is 25.1 Å². The average molecular weight is 476 g/mol. The van der Waals surface area contributed by atoms with Gasteiger partial charge in [-0.1, -0.05) is 6.92 Å². The molecule has 11 atom stereocenters. The minimum Gasteiger partial charge on any atom is -0.467 e. The fourth-order valence-electron chi connectivity index (χ4n) is 4.86. The lowest BCUT2D eigenvalue weighted by Crippen LogP contribution is -2.69. The fourth-order valence-corrected chi connectivity index (χ4v) is 4.86. The first-order chi connectivity index (χ1) is 15.6. The van der Waals surface area contributed by atoms with Crippen LogP contribution in [0.15, 0.2) is 11.8 Å². The first kappa shape index (κ1) is 26.7. The van der Waals surface area contributed by atoms with E-state index in [2.05, 4.69) is 10.6 Å². The molecule has 2 aliphatic heterocycles. The molecule has 192 valence electrons. The maximum absolute atomic E-state index is 11.3. The van der Waals surface area contributed by atoms with E-state index in [1.165, 1.54) is 0 Å². The summed E-state index contributed by atoms with van der Waals surface area (Å²) >= 11 is 0. The summed E-state index contributed by atoms with van der Waals surface area (Å²) in [6.07, 6.45) is -3.05. The molecule has 0 radical (unpaired) electrons. The minimum absolute atomic E-state index is 0.0483. The number of ether oxygens (including phenoxy) is 4. The van der Waals surface area contributed by atoms with Gasteiger partial charge in [0.05, 0.1) is 25.2 Å². The first-order valence-corrected chi connectivity index (χ1v) is 11.6. The van der Waals surface area contributed by atoms with Crippen molar-refractivity contribution >= 4 is 0 Å². The van der Waals surface area contributed by atoms with E-state index in [-0.39, 0.29) is 19.2 Å². The largest absolute Gasteiger partial charge is 0.467 e. The Bertz CT molecular complexity index is 669. The van der Waals surface area contributed by atoms with Crippen LogP contribution in [-0.2, 0) is 18.9 Å². The Morgan fingerprint density at radius 3 is 2.48 bits per heavy atom. The lowest BCUT2D eigenvalue weighted by Gasteiger charge is -2.49. The second-order valence-electron chi connectivity index (χ2n) is 9.31. The van der Waals surface area contributed by atoms with Gasteiger partial charge in [0.25, 0.3) is 0 Å². The van der Waals surface area contributed by atoms with Crippen molar-refractivity contribution in [3.05, 3.63) is 11.8 Å². The quantitative estimate of drug-likeness (QED) is 0.175. The van der Waals surface area contributed by atoms with Crippen molar-refractivity contribution in [3.8, 4) is 0 Å². The molecule has 11 N–H and O–H groups in total. The SMILES string of the molecule is CCN[C@@H]1C[C@H](N)[C@@H](O[C@H]2OC(CN)=CC[C@H]2N)[C@H](O)[C@H]1O[C@@H]1OC[C@](C)(O)[C@H](NC)[C@H]1O. The molecule has 2 fully saturated rings. The Balaban J connectivity index is 1.75. The standard InChI is InChI=1S/C21H41N5O7/c1-4-26-13-7-12(24)16(32-19-11(23)6-5-10(8-22)31-19)14(27)17(13)33-20-15(28)18(25-3)21(2,29)9-30-20/h5,11-20,25-29H,4,6-9,22-24H2,1-3H3/t11-,12+,13-,14+,15-,16-,17+,18-,19-,20+,21+/m1/s1. The van der Waals surface area contributed by atoms with Crippen molar-refractivity contribution in [2.45, 2.75) is 93.5 Å². The second kappa shape index (κ2) is 11.2. The molecule has 33 heavy (non-hydrogen) atoms. The number of hydrogen-bond donors (Lipinski definition) is 8. The summed E-state index contributed by atoms with van der Waals surface area (Å²) in [5.41, 5.74) is 16.9. The van der Waals surface area contributed by atoms with Gasteiger partial charge in [-0.3, -0.25) is 0 Å². The van der Waals surface area contributed by atoms with Crippen LogP contribution in [0.3, 0.4) is 0 Å². The van der Waals surface area contributed by atoms with Crippen LogP contribution in [0.2, 0.25) is 0 Å². The summed E-state index contributed by atoms with van der Waals surface area (Å²) < 4.78 is 23.6. The number of aliphatic hydroxyl groups is 3. The molecule has 12 nitrogen and oxygen atoms in total. The monoisotopic (exact) mass is 475 g/mol. The molecule has 12 heteroatoms. The summed E-state index contributed by atoms with van der Waals surface area (Å²) in [6, 6.07) is -1.95. The molecule has 0 unspecified atom stereocenters. The summed E-state index contributed by atoms with van der Waals surface area (Å²) in [5, 5.41) is 38.8. The molecule has 3 aliphatic rings. The predicted octanol–water partition coefficient (Wildman–Crippen LogP) is -3.20. The van der Waals surface area contributed by atoms with Crippen LogP contribution in [0.1, 0.15) is 26.7 Å².